The van der Waals surface area contributed by atoms with Crippen molar-refractivity contribution < 1.29 is 0 Å². The molecule has 0 aliphatic carbocycles. The van der Waals surface area contributed by atoms with Gasteiger partial charge in [0.1, 0.15) is 5.82 Å². The van der Waals surface area contributed by atoms with Crippen molar-refractivity contribution in [2.75, 3.05) is 6.54 Å². The van der Waals surface area contributed by atoms with Crippen molar-refractivity contribution in [2.45, 2.75) is 33.2 Å². The number of aryl methyl sites for hydroxylation is 2. The highest BCUT2D eigenvalue weighted by Gasteiger charge is 2.12. The number of hydrogen-bond acceptors (Lipinski definition) is 3. The van der Waals surface area contributed by atoms with E-state index in [0.29, 0.717) is 0 Å². The second-order valence-electron chi connectivity index (χ2n) is 4.83. The van der Waals surface area contributed by atoms with Crippen LogP contribution in [0.4, 0.5) is 0 Å². The summed E-state index contributed by atoms with van der Waals surface area (Å²) in [5, 5.41) is 3.50. The molecule has 2 rings (SSSR count). The summed E-state index contributed by atoms with van der Waals surface area (Å²) in [7, 11) is 0. The van der Waals surface area contributed by atoms with Crippen molar-refractivity contribution in [3.63, 3.8) is 0 Å². The average Bonchev–Trinajstić information content (AvgIpc) is 2.41. The van der Waals surface area contributed by atoms with Gasteiger partial charge < -0.3 is 5.32 Å². The molecule has 0 amide bonds. The number of nitrogens with zero attached hydrogens (tertiary/aromatic N) is 2. The first-order chi connectivity index (χ1) is 9.19. The maximum absolute atomic E-state index is 4.53. The molecule has 0 spiro atoms. The highest BCUT2D eigenvalue weighted by molar-refractivity contribution is 5.23. The summed E-state index contributed by atoms with van der Waals surface area (Å²) in [6.07, 6.45) is 2.78. The van der Waals surface area contributed by atoms with E-state index in [1.165, 1.54) is 11.1 Å². The Morgan fingerprint density at radius 1 is 1.11 bits per heavy atom. The molecule has 3 heteroatoms. The van der Waals surface area contributed by atoms with Crippen LogP contribution in [0.5, 0.6) is 0 Å². The van der Waals surface area contributed by atoms with Gasteiger partial charge in [0.25, 0.3) is 0 Å². The van der Waals surface area contributed by atoms with E-state index in [1.807, 2.05) is 19.2 Å². The van der Waals surface area contributed by atoms with Crippen LogP contribution >= 0.6 is 0 Å². The molecular formula is C16H21N3. The van der Waals surface area contributed by atoms with Crippen LogP contribution in [0.25, 0.3) is 0 Å². The fraction of sp³-hybridized carbons (Fsp3) is 0.375. The molecule has 1 atom stereocenters. The minimum atomic E-state index is 0.245. The molecule has 1 unspecified atom stereocenters. The smallest absolute Gasteiger partial charge is 0.125 e. The predicted octanol–water partition coefficient (Wildman–Crippen LogP) is 2.99. The van der Waals surface area contributed by atoms with Crippen LogP contribution in [0.1, 0.15) is 35.6 Å². The van der Waals surface area contributed by atoms with Crippen molar-refractivity contribution in [3.8, 4) is 0 Å². The third-order valence-electron chi connectivity index (χ3n) is 3.17. The van der Waals surface area contributed by atoms with Gasteiger partial charge in [0.2, 0.25) is 0 Å². The van der Waals surface area contributed by atoms with E-state index >= 15 is 0 Å². The monoisotopic (exact) mass is 255 g/mol. The van der Waals surface area contributed by atoms with Crippen LogP contribution in [0.2, 0.25) is 0 Å². The van der Waals surface area contributed by atoms with Gasteiger partial charge in [-0.15, -0.1) is 0 Å². The maximum Gasteiger partial charge on any atom is 0.125 e. The first kappa shape index (κ1) is 13.7. The molecule has 0 saturated heterocycles. The minimum absolute atomic E-state index is 0.245. The average molecular weight is 255 g/mol. The molecule has 2 aromatic rings. The largest absolute Gasteiger partial charge is 0.309 e. The Labute approximate surface area is 115 Å². The molecule has 0 bridgehead atoms. The molecule has 0 aliphatic heterocycles. The van der Waals surface area contributed by atoms with Crippen molar-refractivity contribution in [2.24, 2.45) is 0 Å². The minimum Gasteiger partial charge on any atom is -0.309 e. The Balaban J connectivity index is 2.18. The molecule has 100 valence electrons. The number of nitrogens with one attached hydrogen (secondary N) is 1. The van der Waals surface area contributed by atoms with Crippen LogP contribution in [0.3, 0.4) is 0 Å². The van der Waals surface area contributed by atoms with Crippen molar-refractivity contribution in [3.05, 3.63) is 59.2 Å². The Morgan fingerprint density at radius 3 is 2.47 bits per heavy atom. The second kappa shape index (κ2) is 6.43. The van der Waals surface area contributed by atoms with Gasteiger partial charge in [-0.25, -0.2) is 9.97 Å². The summed E-state index contributed by atoms with van der Waals surface area (Å²) < 4.78 is 0. The van der Waals surface area contributed by atoms with Gasteiger partial charge in [0.15, 0.2) is 0 Å². The summed E-state index contributed by atoms with van der Waals surface area (Å²) >= 11 is 0. The number of likely N-dealkylation sites (N-methyl/N-ethyl adjacent to an activating group) is 1. The quantitative estimate of drug-likeness (QED) is 0.892. The molecule has 0 aliphatic rings. The second-order valence-corrected chi connectivity index (χ2v) is 4.83. The Bertz CT molecular complexity index is 520. The van der Waals surface area contributed by atoms with Gasteiger partial charge in [0.05, 0.1) is 11.7 Å². The molecule has 19 heavy (non-hydrogen) atoms. The molecule has 1 aromatic carbocycles. The van der Waals surface area contributed by atoms with E-state index in [-0.39, 0.29) is 6.04 Å². The Morgan fingerprint density at radius 2 is 1.84 bits per heavy atom. The van der Waals surface area contributed by atoms with Crippen LogP contribution in [0, 0.1) is 13.8 Å². The van der Waals surface area contributed by atoms with Crippen LogP contribution in [0.15, 0.2) is 36.5 Å². The lowest BCUT2D eigenvalue weighted by atomic mass is 10.0. The van der Waals surface area contributed by atoms with E-state index in [9.17, 15) is 0 Å². The molecule has 0 fully saturated rings. The fourth-order valence-corrected chi connectivity index (χ4v) is 2.16. The number of benzene rings is 1. The third-order valence-corrected chi connectivity index (χ3v) is 3.17. The molecule has 1 N–H and O–H groups in total. The van der Waals surface area contributed by atoms with Gasteiger partial charge in [-0.1, -0.05) is 36.8 Å². The van der Waals surface area contributed by atoms with E-state index in [4.69, 9.17) is 0 Å². The summed E-state index contributed by atoms with van der Waals surface area (Å²) in [5.74, 6) is 0.823. The number of aromatic nitrogens is 2. The summed E-state index contributed by atoms with van der Waals surface area (Å²) in [6.45, 7) is 7.09. The van der Waals surface area contributed by atoms with Crippen LogP contribution in [-0.2, 0) is 6.42 Å². The van der Waals surface area contributed by atoms with E-state index in [2.05, 4.69) is 53.4 Å². The number of rotatable bonds is 5. The van der Waals surface area contributed by atoms with Crippen molar-refractivity contribution >= 4 is 0 Å². The standard InChI is InChI=1S/C16H21N3/c1-4-17-16(15-9-10-18-13(3)19-15)11-14-7-5-12(2)6-8-14/h5-10,16-17H,4,11H2,1-3H3. The van der Waals surface area contributed by atoms with Gasteiger partial charge in [-0.05, 0) is 38.4 Å². The molecule has 3 nitrogen and oxygen atoms in total. The Kier molecular flexibility index (Phi) is 4.63. The van der Waals surface area contributed by atoms with Gasteiger partial charge in [0, 0.05) is 6.20 Å². The number of hydrogen-bond donors (Lipinski definition) is 1. The van der Waals surface area contributed by atoms with Gasteiger partial charge in [-0.2, -0.15) is 0 Å². The first-order valence-corrected chi connectivity index (χ1v) is 6.77. The molecule has 0 radical (unpaired) electrons. The third kappa shape index (κ3) is 3.86. The van der Waals surface area contributed by atoms with Gasteiger partial charge >= 0.3 is 0 Å². The first-order valence-electron chi connectivity index (χ1n) is 6.77. The topological polar surface area (TPSA) is 37.8 Å². The van der Waals surface area contributed by atoms with E-state index in [1.54, 1.807) is 0 Å². The molecule has 1 aromatic heterocycles. The van der Waals surface area contributed by atoms with E-state index < -0.39 is 0 Å². The van der Waals surface area contributed by atoms with Gasteiger partial charge in [-0.3, -0.25) is 0 Å². The van der Waals surface area contributed by atoms with Crippen molar-refractivity contribution in [1.82, 2.24) is 15.3 Å². The zero-order valence-corrected chi connectivity index (χ0v) is 11.9. The molecule has 0 saturated carbocycles. The molecular weight excluding hydrogens is 234 g/mol. The maximum atomic E-state index is 4.53. The lowest BCUT2D eigenvalue weighted by Gasteiger charge is -2.17. The molecule has 1 heterocycles. The summed E-state index contributed by atoms with van der Waals surface area (Å²) in [5.41, 5.74) is 3.68. The van der Waals surface area contributed by atoms with Crippen LogP contribution < -0.4 is 5.32 Å². The zero-order chi connectivity index (χ0) is 13.7. The summed E-state index contributed by atoms with van der Waals surface area (Å²) in [6, 6.07) is 10.9. The lowest BCUT2D eigenvalue weighted by molar-refractivity contribution is 0.534. The normalized spacial score (nSPS) is 12.4. The SMILES string of the molecule is CCNC(Cc1ccc(C)cc1)c1ccnc(C)n1. The predicted molar refractivity (Wildman–Crippen MR) is 78.1 cm³/mol. The fourth-order valence-electron chi connectivity index (χ4n) is 2.16. The lowest BCUT2D eigenvalue weighted by Crippen LogP contribution is -2.24. The zero-order valence-electron chi connectivity index (χ0n) is 11.9. The van der Waals surface area contributed by atoms with Crippen molar-refractivity contribution in [1.29, 1.82) is 0 Å². The summed E-state index contributed by atoms with van der Waals surface area (Å²) in [4.78, 5) is 8.69. The van der Waals surface area contributed by atoms with Crippen LogP contribution in [-0.4, -0.2) is 16.5 Å². The highest BCUT2D eigenvalue weighted by Crippen LogP contribution is 2.17. The Hall–Kier alpha value is -1.74. The highest BCUT2D eigenvalue weighted by atomic mass is 15.0. The van der Waals surface area contributed by atoms with E-state index in [0.717, 1.165) is 24.5 Å².